The van der Waals surface area contributed by atoms with E-state index in [9.17, 15) is 0 Å². The van der Waals surface area contributed by atoms with Gasteiger partial charge in [0.25, 0.3) is 0 Å². The van der Waals surface area contributed by atoms with Crippen LogP contribution >= 0.6 is 0 Å². The number of benzene rings is 2. The number of nitrogens with zero attached hydrogens (tertiary/aromatic N) is 2. The minimum atomic E-state index is 0.112. The Bertz CT molecular complexity index is 955. The predicted octanol–water partition coefficient (Wildman–Crippen LogP) is 3.01. The molecule has 144 valence electrons. The summed E-state index contributed by atoms with van der Waals surface area (Å²) in [6.07, 6.45) is 2.03. The van der Waals surface area contributed by atoms with Crippen molar-refractivity contribution in [2.45, 2.75) is 25.8 Å². The van der Waals surface area contributed by atoms with Crippen LogP contribution in [0, 0.1) is 0 Å². The first-order valence-electron chi connectivity index (χ1n) is 9.67. The van der Waals surface area contributed by atoms with Gasteiger partial charge in [0.15, 0.2) is 11.5 Å². The Morgan fingerprint density at radius 2 is 1.89 bits per heavy atom. The van der Waals surface area contributed by atoms with Gasteiger partial charge >= 0.3 is 0 Å². The number of fused-ring (bicyclic) bond motifs is 2. The van der Waals surface area contributed by atoms with Gasteiger partial charge in [-0.1, -0.05) is 30.3 Å². The molecule has 6 nitrogen and oxygen atoms in total. The van der Waals surface area contributed by atoms with E-state index in [1.807, 2.05) is 24.4 Å². The fourth-order valence-electron chi connectivity index (χ4n) is 3.71. The van der Waals surface area contributed by atoms with Gasteiger partial charge in [-0.15, -0.1) is 0 Å². The summed E-state index contributed by atoms with van der Waals surface area (Å²) >= 11 is 0. The second-order valence-corrected chi connectivity index (χ2v) is 7.08. The van der Waals surface area contributed by atoms with Gasteiger partial charge in [0, 0.05) is 18.7 Å². The molecule has 0 aliphatic carbocycles. The van der Waals surface area contributed by atoms with Gasteiger partial charge < -0.3 is 24.1 Å². The lowest BCUT2D eigenvalue weighted by Gasteiger charge is -2.26. The molecule has 2 aromatic carbocycles. The molecule has 0 bridgehead atoms. The van der Waals surface area contributed by atoms with Crippen molar-refractivity contribution in [3.05, 3.63) is 66.1 Å². The van der Waals surface area contributed by atoms with Crippen LogP contribution in [0.15, 0.2) is 54.7 Å². The van der Waals surface area contributed by atoms with Crippen LogP contribution in [0.4, 0.5) is 0 Å². The van der Waals surface area contributed by atoms with Crippen LogP contribution in [-0.2, 0) is 24.4 Å². The molecular weight excluding hydrogens is 354 g/mol. The number of hydrogen-bond acceptors (Lipinski definition) is 5. The molecule has 0 spiro atoms. The minimum absolute atomic E-state index is 0.112. The molecule has 1 unspecified atom stereocenters. The van der Waals surface area contributed by atoms with Crippen LogP contribution in [-0.4, -0.2) is 35.4 Å². The van der Waals surface area contributed by atoms with Gasteiger partial charge in [-0.25, -0.2) is 4.98 Å². The van der Waals surface area contributed by atoms with E-state index in [-0.39, 0.29) is 6.10 Å². The first-order chi connectivity index (χ1) is 13.9. The van der Waals surface area contributed by atoms with Crippen molar-refractivity contribution in [3.8, 4) is 22.8 Å². The number of ether oxygens (including phenoxy) is 3. The SMILES string of the molecule is c1ccc(CNCC2Cn3c(-c4ccc5c(c4)OCCO5)cnc3CO2)cc1. The zero-order valence-corrected chi connectivity index (χ0v) is 15.6. The topological polar surface area (TPSA) is 57.5 Å². The van der Waals surface area contributed by atoms with Crippen molar-refractivity contribution in [2.75, 3.05) is 19.8 Å². The largest absolute Gasteiger partial charge is 0.486 e. The first kappa shape index (κ1) is 17.3. The number of imidazole rings is 1. The summed E-state index contributed by atoms with van der Waals surface area (Å²) in [5.74, 6) is 2.57. The lowest BCUT2D eigenvalue weighted by atomic mass is 10.1. The average molecular weight is 377 g/mol. The van der Waals surface area contributed by atoms with Crippen molar-refractivity contribution in [1.82, 2.24) is 14.9 Å². The molecule has 0 amide bonds. The Hall–Kier alpha value is -2.83. The average Bonchev–Trinajstić information content (AvgIpc) is 3.17. The monoisotopic (exact) mass is 377 g/mol. The van der Waals surface area contributed by atoms with Crippen LogP contribution < -0.4 is 14.8 Å². The van der Waals surface area contributed by atoms with Gasteiger partial charge in [-0.3, -0.25) is 0 Å². The summed E-state index contributed by atoms with van der Waals surface area (Å²) in [7, 11) is 0. The van der Waals surface area contributed by atoms with Gasteiger partial charge in [0.1, 0.15) is 25.6 Å². The minimum Gasteiger partial charge on any atom is -0.486 e. The normalized spacial score (nSPS) is 17.9. The van der Waals surface area contributed by atoms with Gasteiger partial charge in [-0.2, -0.15) is 0 Å². The maximum absolute atomic E-state index is 5.99. The molecule has 3 aromatic rings. The Morgan fingerprint density at radius 3 is 2.79 bits per heavy atom. The maximum Gasteiger partial charge on any atom is 0.162 e. The van der Waals surface area contributed by atoms with Crippen molar-refractivity contribution in [2.24, 2.45) is 0 Å². The third kappa shape index (κ3) is 3.48. The summed E-state index contributed by atoms with van der Waals surface area (Å²) in [6, 6.07) is 16.5. The molecule has 28 heavy (non-hydrogen) atoms. The summed E-state index contributed by atoms with van der Waals surface area (Å²) in [6.45, 7) is 4.14. The molecule has 3 heterocycles. The fourth-order valence-corrected chi connectivity index (χ4v) is 3.71. The molecule has 5 rings (SSSR count). The van der Waals surface area contributed by atoms with Crippen molar-refractivity contribution in [3.63, 3.8) is 0 Å². The Kier molecular flexibility index (Phi) is 4.72. The lowest BCUT2D eigenvalue weighted by molar-refractivity contribution is 0.00326. The quantitative estimate of drug-likeness (QED) is 0.741. The molecule has 0 radical (unpaired) electrons. The van der Waals surface area contributed by atoms with Gasteiger partial charge in [0.2, 0.25) is 0 Å². The molecule has 2 aliphatic rings. The maximum atomic E-state index is 5.99. The van der Waals surface area contributed by atoms with E-state index in [4.69, 9.17) is 14.2 Å². The van der Waals surface area contributed by atoms with E-state index >= 15 is 0 Å². The van der Waals surface area contributed by atoms with E-state index in [0.29, 0.717) is 19.8 Å². The Morgan fingerprint density at radius 1 is 1.04 bits per heavy atom. The Balaban J connectivity index is 1.29. The summed E-state index contributed by atoms with van der Waals surface area (Å²) in [5, 5.41) is 3.50. The van der Waals surface area contributed by atoms with Crippen molar-refractivity contribution >= 4 is 0 Å². The summed E-state index contributed by atoms with van der Waals surface area (Å²) in [5.41, 5.74) is 3.45. The van der Waals surface area contributed by atoms with E-state index in [2.05, 4.69) is 45.2 Å². The third-order valence-electron chi connectivity index (χ3n) is 5.15. The van der Waals surface area contributed by atoms with E-state index in [1.165, 1.54) is 5.56 Å². The molecule has 1 atom stereocenters. The predicted molar refractivity (Wildman–Crippen MR) is 105 cm³/mol. The molecule has 1 aromatic heterocycles. The highest BCUT2D eigenvalue weighted by Gasteiger charge is 2.23. The smallest absolute Gasteiger partial charge is 0.162 e. The number of aromatic nitrogens is 2. The molecule has 0 saturated heterocycles. The van der Waals surface area contributed by atoms with Crippen LogP contribution in [0.5, 0.6) is 11.5 Å². The second kappa shape index (κ2) is 7.66. The second-order valence-electron chi connectivity index (χ2n) is 7.08. The summed E-state index contributed by atoms with van der Waals surface area (Å²) < 4.78 is 19.6. The third-order valence-corrected chi connectivity index (χ3v) is 5.15. The number of nitrogens with one attached hydrogen (secondary N) is 1. The van der Waals surface area contributed by atoms with Crippen LogP contribution in [0.3, 0.4) is 0 Å². The molecule has 1 N–H and O–H groups in total. The van der Waals surface area contributed by atoms with Crippen LogP contribution in [0.1, 0.15) is 11.4 Å². The molecular formula is C22H23N3O3. The van der Waals surface area contributed by atoms with E-state index in [1.54, 1.807) is 0 Å². The zero-order chi connectivity index (χ0) is 18.8. The molecule has 0 saturated carbocycles. The molecule has 2 aliphatic heterocycles. The highest BCUT2D eigenvalue weighted by atomic mass is 16.6. The first-order valence-corrected chi connectivity index (χ1v) is 9.67. The molecule has 0 fully saturated rings. The van der Waals surface area contributed by atoms with Gasteiger partial charge in [-0.05, 0) is 23.8 Å². The van der Waals surface area contributed by atoms with Crippen molar-refractivity contribution in [1.29, 1.82) is 0 Å². The molecule has 6 heteroatoms. The number of hydrogen-bond donors (Lipinski definition) is 1. The Labute approximate surface area is 164 Å². The van der Waals surface area contributed by atoms with Crippen molar-refractivity contribution < 1.29 is 14.2 Å². The highest BCUT2D eigenvalue weighted by molar-refractivity contribution is 5.64. The lowest BCUT2D eigenvalue weighted by Crippen LogP contribution is -2.36. The van der Waals surface area contributed by atoms with E-state index < -0.39 is 0 Å². The number of rotatable bonds is 5. The zero-order valence-electron chi connectivity index (χ0n) is 15.6. The van der Waals surface area contributed by atoms with Crippen LogP contribution in [0.25, 0.3) is 11.3 Å². The van der Waals surface area contributed by atoms with Gasteiger partial charge in [0.05, 0.1) is 24.5 Å². The standard InChI is InChI=1S/C22H23N3O3/c1-2-4-16(5-3-1)11-23-12-18-14-25-19(13-24-22(25)15-28-18)17-6-7-20-21(10-17)27-9-8-26-20/h1-7,10,13,18,23H,8-9,11-12,14-15H2. The summed E-state index contributed by atoms with van der Waals surface area (Å²) in [4.78, 5) is 4.55. The van der Waals surface area contributed by atoms with Crippen LogP contribution in [0.2, 0.25) is 0 Å². The van der Waals surface area contributed by atoms with E-state index in [0.717, 1.165) is 48.2 Å². The fraction of sp³-hybridized carbons (Fsp3) is 0.318. The highest BCUT2D eigenvalue weighted by Crippen LogP contribution is 2.35.